The summed E-state index contributed by atoms with van der Waals surface area (Å²) in [5, 5.41) is 2.93. The zero-order valence-electron chi connectivity index (χ0n) is 14.8. The molecule has 1 saturated heterocycles. The molecule has 132 valence electrons. The van der Waals surface area contributed by atoms with Crippen molar-refractivity contribution < 1.29 is 4.79 Å². The summed E-state index contributed by atoms with van der Waals surface area (Å²) >= 11 is 0. The minimum atomic E-state index is -0.0850. The van der Waals surface area contributed by atoms with Gasteiger partial charge in [-0.3, -0.25) is 9.78 Å². The lowest BCUT2D eigenvalue weighted by molar-refractivity contribution is 0.0948. The number of benzene rings is 1. The summed E-state index contributed by atoms with van der Waals surface area (Å²) in [6, 6.07) is 14.4. The number of carbonyl (C=O) groups excluding carboxylic acids is 1. The standard InChI is InChI=1S/C20H26N4O/c1-2-3-10-22-20(25)19-16-18(9-11-21-19)24-14-12-23(13-15-24)17-7-5-4-6-8-17/h4-9,11,16H,2-3,10,12-15H2,1H3,(H,22,25). The lowest BCUT2D eigenvalue weighted by atomic mass is 10.2. The normalized spacial score (nSPS) is 14.4. The minimum absolute atomic E-state index is 0.0850. The van der Waals surface area contributed by atoms with Gasteiger partial charge in [-0.1, -0.05) is 31.5 Å². The molecule has 1 aliphatic heterocycles. The van der Waals surface area contributed by atoms with Crippen molar-refractivity contribution in [3.05, 3.63) is 54.4 Å². The van der Waals surface area contributed by atoms with Crippen molar-refractivity contribution in [2.45, 2.75) is 19.8 Å². The molecule has 1 aromatic carbocycles. The van der Waals surface area contributed by atoms with Gasteiger partial charge in [0.25, 0.3) is 5.91 Å². The van der Waals surface area contributed by atoms with Crippen molar-refractivity contribution in [3.8, 4) is 0 Å². The molecule has 0 bridgehead atoms. The van der Waals surface area contributed by atoms with E-state index < -0.39 is 0 Å². The number of amides is 1. The van der Waals surface area contributed by atoms with E-state index in [9.17, 15) is 4.79 Å². The first-order valence-corrected chi connectivity index (χ1v) is 9.07. The number of nitrogens with one attached hydrogen (secondary N) is 1. The number of hydrogen-bond donors (Lipinski definition) is 1. The largest absolute Gasteiger partial charge is 0.368 e. The summed E-state index contributed by atoms with van der Waals surface area (Å²) in [5.74, 6) is -0.0850. The average molecular weight is 338 g/mol. The van der Waals surface area contributed by atoms with Crippen LogP contribution in [0.2, 0.25) is 0 Å². The quantitative estimate of drug-likeness (QED) is 0.823. The molecular weight excluding hydrogens is 312 g/mol. The Morgan fingerprint density at radius 1 is 1.04 bits per heavy atom. The predicted molar refractivity (Wildman–Crippen MR) is 102 cm³/mol. The molecule has 1 aromatic heterocycles. The molecule has 0 saturated carbocycles. The molecule has 1 amide bonds. The van der Waals surface area contributed by atoms with Crippen molar-refractivity contribution in [2.75, 3.05) is 42.5 Å². The highest BCUT2D eigenvalue weighted by Gasteiger charge is 2.18. The smallest absolute Gasteiger partial charge is 0.269 e. The van der Waals surface area contributed by atoms with Gasteiger partial charge in [0.1, 0.15) is 5.69 Å². The van der Waals surface area contributed by atoms with E-state index in [1.165, 1.54) is 5.69 Å². The van der Waals surface area contributed by atoms with E-state index in [2.05, 4.69) is 51.3 Å². The van der Waals surface area contributed by atoms with E-state index in [1.54, 1.807) is 6.20 Å². The third kappa shape index (κ3) is 4.50. The van der Waals surface area contributed by atoms with E-state index >= 15 is 0 Å². The topological polar surface area (TPSA) is 48.5 Å². The van der Waals surface area contributed by atoms with Crippen molar-refractivity contribution in [1.29, 1.82) is 0 Å². The molecule has 5 nitrogen and oxygen atoms in total. The minimum Gasteiger partial charge on any atom is -0.368 e. The number of anilines is 2. The summed E-state index contributed by atoms with van der Waals surface area (Å²) in [5.41, 5.74) is 2.84. The number of rotatable bonds is 6. The van der Waals surface area contributed by atoms with Crippen LogP contribution in [0.5, 0.6) is 0 Å². The van der Waals surface area contributed by atoms with Gasteiger partial charge in [0.05, 0.1) is 0 Å². The van der Waals surface area contributed by atoms with Crippen LogP contribution in [0, 0.1) is 0 Å². The molecule has 0 radical (unpaired) electrons. The van der Waals surface area contributed by atoms with Gasteiger partial charge >= 0.3 is 0 Å². The summed E-state index contributed by atoms with van der Waals surface area (Å²) in [7, 11) is 0. The van der Waals surface area contributed by atoms with Crippen LogP contribution >= 0.6 is 0 Å². The van der Waals surface area contributed by atoms with Crippen LogP contribution in [0.1, 0.15) is 30.3 Å². The fraction of sp³-hybridized carbons (Fsp3) is 0.400. The van der Waals surface area contributed by atoms with Crippen molar-refractivity contribution in [3.63, 3.8) is 0 Å². The lowest BCUT2D eigenvalue weighted by Crippen LogP contribution is -2.46. The second kappa shape index (κ2) is 8.51. The van der Waals surface area contributed by atoms with E-state index in [4.69, 9.17) is 0 Å². The van der Waals surface area contributed by atoms with Gasteiger partial charge in [0.15, 0.2) is 0 Å². The Bertz CT molecular complexity index is 681. The Morgan fingerprint density at radius 3 is 2.40 bits per heavy atom. The first-order valence-electron chi connectivity index (χ1n) is 9.07. The van der Waals surface area contributed by atoms with Gasteiger partial charge in [-0.15, -0.1) is 0 Å². The summed E-state index contributed by atoms with van der Waals surface area (Å²) < 4.78 is 0. The van der Waals surface area contributed by atoms with Crippen LogP contribution in [0.3, 0.4) is 0 Å². The van der Waals surface area contributed by atoms with Crippen LogP contribution in [0.15, 0.2) is 48.7 Å². The Morgan fingerprint density at radius 2 is 1.72 bits per heavy atom. The molecule has 0 aliphatic carbocycles. The zero-order chi connectivity index (χ0) is 17.5. The number of hydrogen-bond acceptors (Lipinski definition) is 4. The highest BCUT2D eigenvalue weighted by atomic mass is 16.1. The maximum atomic E-state index is 12.2. The van der Waals surface area contributed by atoms with E-state index in [0.717, 1.165) is 44.7 Å². The highest BCUT2D eigenvalue weighted by molar-refractivity contribution is 5.93. The zero-order valence-corrected chi connectivity index (χ0v) is 14.8. The number of para-hydroxylation sites is 1. The first-order chi connectivity index (χ1) is 12.3. The van der Waals surface area contributed by atoms with Crippen LogP contribution in [0.25, 0.3) is 0 Å². The number of carbonyl (C=O) groups is 1. The molecule has 1 aliphatic rings. The Balaban J connectivity index is 1.60. The molecular formula is C20H26N4O. The fourth-order valence-corrected chi connectivity index (χ4v) is 3.07. The number of nitrogens with zero attached hydrogens (tertiary/aromatic N) is 3. The van der Waals surface area contributed by atoms with Crippen LogP contribution in [0.4, 0.5) is 11.4 Å². The third-order valence-electron chi connectivity index (χ3n) is 4.56. The molecule has 25 heavy (non-hydrogen) atoms. The SMILES string of the molecule is CCCCNC(=O)c1cc(N2CCN(c3ccccc3)CC2)ccn1. The molecule has 3 rings (SSSR count). The molecule has 0 spiro atoms. The van der Waals surface area contributed by atoms with Gasteiger partial charge in [-0.25, -0.2) is 0 Å². The van der Waals surface area contributed by atoms with Gasteiger partial charge in [-0.2, -0.15) is 0 Å². The summed E-state index contributed by atoms with van der Waals surface area (Å²) in [4.78, 5) is 21.1. The number of pyridine rings is 1. The molecule has 5 heteroatoms. The number of aromatic nitrogens is 1. The van der Waals surface area contributed by atoms with Crippen LogP contribution in [-0.4, -0.2) is 43.6 Å². The van der Waals surface area contributed by atoms with E-state index in [0.29, 0.717) is 12.2 Å². The Kier molecular flexibility index (Phi) is 5.88. The van der Waals surface area contributed by atoms with Crippen LogP contribution < -0.4 is 15.1 Å². The van der Waals surface area contributed by atoms with E-state index in [-0.39, 0.29) is 5.91 Å². The highest BCUT2D eigenvalue weighted by Crippen LogP contribution is 2.20. The average Bonchev–Trinajstić information content (AvgIpc) is 2.69. The predicted octanol–water partition coefficient (Wildman–Crippen LogP) is 2.94. The monoisotopic (exact) mass is 338 g/mol. The fourth-order valence-electron chi connectivity index (χ4n) is 3.07. The van der Waals surface area contributed by atoms with Crippen molar-refractivity contribution in [2.24, 2.45) is 0 Å². The second-order valence-electron chi connectivity index (χ2n) is 6.32. The number of unbranched alkanes of at least 4 members (excludes halogenated alkanes) is 1. The van der Waals surface area contributed by atoms with Crippen LogP contribution in [-0.2, 0) is 0 Å². The molecule has 2 aromatic rings. The molecule has 0 atom stereocenters. The maximum Gasteiger partial charge on any atom is 0.269 e. The van der Waals surface area contributed by atoms with Gasteiger partial charge in [0.2, 0.25) is 0 Å². The maximum absolute atomic E-state index is 12.2. The molecule has 0 unspecified atom stereocenters. The van der Waals surface area contributed by atoms with Gasteiger partial charge < -0.3 is 15.1 Å². The Hall–Kier alpha value is -2.56. The Labute approximate surface area is 149 Å². The summed E-state index contributed by atoms with van der Waals surface area (Å²) in [6.07, 6.45) is 3.79. The van der Waals surface area contributed by atoms with Gasteiger partial charge in [0, 0.05) is 50.3 Å². The lowest BCUT2D eigenvalue weighted by Gasteiger charge is -2.37. The second-order valence-corrected chi connectivity index (χ2v) is 6.32. The number of piperazine rings is 1. The van der Waals surface area contributed by atoms with Crippen molar-refractivity contribution in [1.82, 2.24) is 10.3 Å². The summed E-state index contributed by atoms with van der Waals surface area (Å²) in [6.45, 7) is 6.65. The molecule has 1 N–H and O–H groups in total. The first kappa shape index (κ1) is 17.3. The molecule has 1 fully saturated rings. The van der Waals surface area contributed by atoms with Gasteiger partial charge in [-0.05, 0) is 30.7 Å². The van der Waals surface area contributed by atoms with Crippen molar-refractivity contribution >= 4 is 17.3 Å². The van der Waals surface area contributed by atoms with E-state index in [1.807, 2.05) is 18.2 Å². The third-order valence-corrected chi connectivity index (χ3v) is 4.56. The molecule has 2 heterocycles.